The molecule has 0 aliphatic carbocycles. The second-order valence-corrected chi connectivity index (χ2v) is 3.09. The van der Waals surface area contributed by atoms with Crippen LogP contribution in [-0.4, -0.2) is 17.1 Å². The lowest BCUT2D eigenvalue weighted by Gasteiger charge is -2.05. The summed E-state index contributed by atoms with van der Waals surface area (Å²) >= 11 is 0. The lowest BCUT2D eigenvalue weighted by molar-refractivity contribution is 0.0369. The molecule has 0 unspecified atom stereocenters. The van der Waals surface area contributed by atoms with E-state index in [1.807, 2.05) is 0 Å². The van der Waals surface area contributed by atoms with E-state index in [9.17, 15) is 4.79 Å². The summed E-state index contributed by atoms with van der Waals surface area (Å²) < 4.78 is 10.1. The molecule has 4 heteroatoms. The van der Waals surface area contributed by atoms with Gasteiger partial charge in [0.2, 0.25) is 0 Å². The Kier molecular flexibility index (Phi) is 2.70. The van der Waals surface area contributed by atoms with Crippen molar-refractivity contribution in [1.82, 2.24) is 4.98 Å². The van der Waals surface area contributed by atoms with Gasteiger partial charge in [-0.25, -0.2) is 9.78 Å². The molecule has 4 nitrogen and oxygen atoms in total. The average molecular weight is 183 g/mol. The second-order valence-electron chi connectivity index (χ2n) is 3.09. The van der Waals surface area contributed by atoms with Crippen LogP contribution in [0.1, 0.15) is 36.0 Å². The first-order valence-electron chi connectivity index (χ1n) is 4.15. The fourth-order valence-electron chi connectivity index (χ4n) is 0.988. The minimum Gasteiger partial charge on any atom is -0.458 e. The molecule has 1 heterocycles. The normalized spacial score (nSPS) is 10.5. The molecule has 0 bridgehead atoms. The van der Waals surface area contributed by atoms with Crippen molar-refractivity contribution in [3.63, 3.8) is 0 Å². The van der Waals surface area contributed by atoms with Gasteiger partial charge in [0, 0.05) is 6.92 Å². The van der Waals surface area contributed by atoms with Gasteiger partial charge in [0.05, 0.1) is 6.10 Å². The molecule has 1 aromatic rings. The summed E-state index contributed by atoms with van der Waals surface area (Å²) in [5.74, 6) is 0.556. The topological polar surface area (TPSA) is 52.3 Å². The molecule has 72 valence electrons. The van der Waals surface area contributed by atoms with Crippen LogP contribution >= 0.6 is 0 Å². The molecule has 0 aliphatic heterocycles. The summed E-state index contributed by atoms with van der Waals surface area (Å²) in [7, 11) is 0. The molecule has 0 saturated heterocycles. The molecule has 0 N–H and O–H groups in total. The summed E-state index contributed by atoms with van der Waals surface area (Å²) in [6, 6.07) is 0. The predicted octanol–water partition coefficient (Wildman–Crippen LogP) is 1.86. The average Bonchev–Trinajstić information content (AvgIpc) is 2.28. The molecule has 0 aromatic carbocycles. The summed E-state index contributed by atoms with van der Waals surface area (Å²) in [4.78, 5) is 15.3. The number of ether oxygens (including phenoxy) is 1. The van der Waals surface area contributed by atoms with Gasteiger partial charge in [0.25, 0.3) is 0 Å². The van der Waals surface area contributed by atoms with Gasteiger partial charge in [-0.05, 0) is 20.8 Å². The number of hydrogen-bond donors (Lipinski definition) is 0. The Bertz CT molecular complexity index is 315. The molecule has 0 amide bonds. The Labute approximate surface area is 76.9 Å². The molecule has 0 saturated carbocycles. The third-order valence-corrected chi connectivity index (χ3v) is 1.44. The minimum atomic E-state index is -0.427. The summed E-state index contributed by atoms with van der Waals surface area (Å²) in [6.07, 6.45) is -0.135. The van der Waals surface area contributed by atoms with Crippen LogP contribution in [0.2, 0.25) is 0 Å². The van der Waals surface area contributed by atoms with E-state index >= 15 is 0 Å². The summed E-state index contributed by atoms with van der Waals surface area (Å²) in [5.41, 5.74) is 0.270. The Hall–Kier alpha value is -1.32. The Morgan fingerprint density at radius 1 is 1.46 bits per heavy atom. The van der Waals surface area contributed by atoms with E-state index < -0.39 is 5.97 Å². The van der Waals surface area contributed by atoms with Crippen molar-refractivity contribution in [1.29, 1.82) is 0 Å². The predicted molar refractivity (Wildman–Crippen MR) is 46.5 cm³/mol. The monoisotopic (exact) mass is 183 g/mol. The number of aromatic nitrogens is 1. The smallest absolute Gasteiger partial charge is 0.360 e. The van der Waals surface area contributed by atoms with Crippen LogP contribution in [0.5, 0.6) is 0 Å². The van der Waals surface area contributed by atoms with Crippen LogP contribution in [0.25, 0.3) is 0 Å². The van der Waals surface area contributed by atoms with Crippen LogP contribution in [0.3, 0.4) is 0 Å². The maximum atomic E-state index is 11.3. The number of aryl methyl sites for hydroxylation is 2. The third kappa shape index (κ3) is 2.31. The number of nitrogens with zero attached hydrogens (tertiary/aromatic N) is 1. The number of carbonyl (C=O) groups excluding carboxylic acids is 1. The van der Waals surface area contributed by atoms with Gasteiger partial charge >= 0.3 is 5.97 Å². The van der Waals surface area contributed by atoms with E-state index in [1.54, 1.807) is 27.7 Å². The second kappa shape index (κ2) is 3.60. The molecule has 1 rings (SSSR count). The van der Waals surface area contributed by atoms with E-state index in [0.717, 1.165) is 0 Å². The van der Waals surface area contributed by atoms with Gasteiger partial charge in [-0.2, -0.15) is 0 Å². The van der Waals surface area contributed by atoms with Crippen molar-refractivity contribution in [3.8, 4) is 0 Å². The van der Waals surface area contributed by atoms with Crippen LogP contribution in [0.15, 0.2) is 4.42 Å². The standard InChI is InChI=1S/C9H13NO3/c1-5(2)12-9(11)8-6(3)13-7(4)10-8/h5H,1-4H3. The van der Waals surface area contributed by atoms with Crippen LogP contribution in [0, 0.1) is 13.8 Å². The molecule has 0 spiro atoms. The van der Waals surface area contributed by atoms with Gasteiger partial charge in [0.1, 0.15) is 5.76 Å². The van der Waals surface area contributed by atoms with Crippen molar-refractivity contribution in [2.45, 2.75) is 33.8 Å². The SMILES string of the molecule is Cc1nc(C(=O)OC(C)C)c(C)o1. The number of oxazole rings is 1. The van der Waals surface area contributed by atoms with Gasteiger partial charge in [-0.15, -0.1) is 0 Å². The molecule has 0 fully saturated rings. The largest absolute Gasteiger partial charge is 0.458 e. The number of hydrogen-bond acceptors (Lipinski definition) is 4. The van der Waals surface area contributed by atoms with E-state index in [2.05, 4.69) is 4.98 Å². The molecular weight excluding hydrogens is 170 g/mol. The van der Waals surface area contributed by atoms with Gasteiger partial charge < -0.3 is 9.15 Å². The van der Waals surface area contributed by atoms with E-state index in [1.165, 1.54) is 0 Å². The first kappa shape index (κ1) is 9.77. The Morgan fingerprint density at radius 2 is 2.08 bits per heavy atom. The third-order valence-electron chi connectivity index (χ3n) is 1.44. The Balaban J connectivity index is 2.82. The highest BCUT2D eigenvalue weighted by Crippen LogP contribution is 2.10. The summed E-state index contributed by atoms with van der Waals surface area (Å²) in [6.45, 7) is 6.97. The molecule has 0 aliphatic rings. The summed E-state index contributed by atoms with van der Waals surface area (Å²) in [5, 5.41) is 0. The van der Waals surface area contributed by atoms with E-state index in [-0.39, 0.29) is 11.8 Å². The van der Waals surface area contributed by atoms with Crippen LogP contribution in [-0.2, 0) is 4.74 Å². The first-order chi connectivity index (χ1) is 6.00. The van der Waals surface area contributed by atoms with Gasteiger partial charge in [-0.1, -0.05) is 0 Å². The van der Waals surface area contributed by atoms with Crippen LogP contribution in [0.4, 0.5) is 0 Å². The number of carbonyl (C=O) groups is 1. The van der Waals surface area contributed by atoms with Gasteiger partial charge in [-0.3, -0.25) is 0 Å². The lowest BCUT2D eigenvalue weighted by atomic mass is 10.3. The van der Waals surface area contributed by atoms with Crippen molar-refractivity contribution in [2.24, 2.45) is 0 Å². The highest BCUT2D eigenvalue weighted by molar-refractivity contribution is 5.88. The molecule has 0 atom stereocenters. The fraction of sp³-hybridized carbons (Fsp3) is 0.556. The fourth-order valence-corrected chi connectivity index (χ4v) is 0.988. The zero-order valence-corrected chi connectivity index (χ0v) is 8.25. The van der Waals surface area contributed by atoms with Gasteiger partial charge in [0.15, 0.2) is 11.6 Å². The molecule has 13 heavy (non-hydrogen) atoms. The Morgan fingerprint density at radius 3 is 2.46 bits per heavy atom. The zero-order valence-electron chi connectivity index (χ0n) is 8.25. The maximum absolute atomic E-state index is 11.3. The molecule has 1 aromatic heterocycles. The van der Waals surface area contributed by atoms with E-state index in [0.29, 0.717) is 11.7 Å². The first-order valence-corrected chi connectivity index (χ1v) is 4.15. The zero-order chi connectivity index (χ0) is 10.0. The number of esters is 1. The molecular formula is C9H13NO3. The van der Waals surface area contributed by atoms with Crippen molar-refractivity contribution < 1.29 is 13.9 Å². The number of rotatable bonds is 2. The molecule has 0 radical (unpaired) electrons. The van der Waals surface area contributed by atoms with Crippen molar-refractivity contribution in [3.05, 3.63) is 17.3 Å². The minimum absolute atomic E-state index is 0.135. The van der Waals surface area contributed by atoms with Crippen LogP contribution < -0.4 is 0 Å². The lowest BCUT2D eigenvalue weighted by Crippen LogP contribution is -2.12. The van der Waals surface area contributed by atoms with E-state index in [4.69, 9.17) is 9.15 Å². The van der Waals surface area contributed by atoms with Crippen molar-refractivity contribution >= 4 is 5.97 Å². The van der Waals surface area contributed by atoms with Crippen molar-refractivity contribution in [2.75, 3.05) is 0 Å². The highest BCUT2D eigenvalue weighted by atomic mass is 16.5. The quantitative estimate of drug-likeness (QED) is 0.656. The highest BCUT2D eigenvalue weighted by Gasteiger charge is 2.17. The maximum Gasteiger partial charge on any atom is 0.360 e.